The maximum atomic E-state index is 15.5. The number of alkyl halides is 4. The van der Waals surface area contributed by atoms with Crippen LogP contribution in [0.3, 0.4) is 0 Å². The third-order valence-electron chi connectivity index (χ3n) is 14.8. The highest BCUT2D eigenvalue weighted by molar-refractivity contribution is 7.68. The Bertz CT molecular complexity index is 6410. The fraction of sp³-hybridized carbons (Fsp3) is 0.500. The Morgan fingerprint density at radius 3 is 1.12 bits per heavy atom. The maximum absolute atomic E-state index is 15.5. The summed E-state index contributed by atoms with van der Waals surface area (Å²) in [4.78, 5) is 242. The summed E-state index contributed by atoms with van der Waals surface area (Å²) < 4.78 is 307. The summed E-state index contributed by atoms with van der Waals surface area (Å²) in [7, 11) is -70.1. The Morgan fingerprint density at radius 1 is 0.445 bits per heavy atom. The largest absolute Gasteiger partial charge is 0.490 e. The molecule has 4 saturated heterocycles. The Morgan fingerprint density at radius 2 is 0.766 bits per heavy atom. The number of ether oxygens (including phenoxy) is 4. The molecule has 25 atom stereocenters. The minimum Gasteiger partial charge on any atom is -0.386 e. The van der Waals surface area contributed by atoms with Crippen molar-refractivity contribution >= 4 is 93.9 Å². The molecule has 0 saturated carbocycles. The van der Waals surface area contributed by atoms with Crippen molar-refractivity contribution in [3.63, 3.8) is 0 Å². The summed E-state index contributed by atoms with van der Waals surface area (Å²) in [5.74, 6) is 4.39. The number of halogens is 5. The fourth-order valence-corrected chi connectivity index (χ4v) is 22.0. The number of aryl methyl sites for hydroxylation is 2. The standard InChI is InChI=1S/C12H15F2N2O14P3.2C12H16FN2O14P3.C10H13FN3O14P3/c1-3-12(14)8(17)7(27-10(12)16-4-6(13)9(18)15-11(16)19)5(2)28-32(23,24)30-33(25,26)29-31(20,21)22;2*1-3-12(13)9(17)7(27-10(12)15-6(2)4-8(16)14-11(15)18)5-26-31(22,23)29-32(24,25)28-30(19,20)21;1-2-10(11)7(16)5(26-8(10)14-9(17)13-6(15)3-12-14)4-25-30(21,22)28-31(23,24)27-29(18,19)20/h1,4-5,7-8,10,17H,2H3,(H,23,24)(H,25,26)(H,15,18,19)(H2,20,21,22);2*1,4,7,9-10,17H,5H2,2H3,(H,22,23)(H,24,25)(H,14,16,18)(H2,19,20,21);1,3,5,7-8,16H,4H2,(H,21,22)(H,23,24)(H,13,15,17)(H2,18,19,20)/t5-,7-,8+,10-,12?;2*7-,9+,10-,12?;5-,7+,8-,10?/m1111/s1/i;5D2;;4D2. The van der Waals surface area contributed by atoms with Crippen molar-refractivity contribution in [1.29, 1.82) is 0 Å². The number of phosphoric ester groups is 4. The van der Waals surface area contributed by atoms with Gasteiger partial charge in [-0.1, -0.05) is 23.7 Å². The molecular formula is C46H60F5N9O56P12. The molecule has 82 heteroatoms. The van der Waals surface area contributed by atoms with Crippen molar-refractivity contribution in [3.8, 4) is 49.4 Å². The summed E-state index contributed by atoms with van der Waals surface area (Å²) in [6.07, 6.45) is -9.43. The third kappa shape index (κ3) is 29.9. The number of aliphatic hydroxyl groups excluding tert-OH is 4. The highest BCUT2D eigenvalue weighted by Crippen LogP contribution is 2.70. The van der Waals surface area contributed by atoms with Crippen LogP contribution in [0, 0.1) is 69.0 Å². The molecule has 4 aromatic rings. The number of hydrogen-bond donors (Lipinski definition) is 24. The van der Waals surface area contributed by atoms with Gasteiger partial charge < -0.3 is 118 Å². The number of terminal acetylenes is 4. The maximum Gasteiger partial charge on any atom is 0.490 e. The number of hydrogen-bond acceptors (Lipinski definition) is 41. The zero-order chi connectivity index (χ0) is 102. The predicted molar refractivity (Wildman–Crippen MR) is 387 cm³/mol. The second-order valence-corrected chi connectivity index (χ2v) is 41.5. The van der Waals surface area contributed by atoms with Gasteiger partial charge in [-0.3, -0.25) is 70.9 Å². The van der Waals surface area contributed by atoms with Crippen LogP contribution in [0.5, 0.6) is 0 Å². The van der Waals surface area contributed by atoms with Crippen molar-refractivity contribution < 1.29 is 252 Å². The number of nitrogens with one attached hydrogen (secondary N) is 4. The Labute approximate surface area is 705 Å². The van der Waals surface area contributed by atoms with Crippen molar-refractivity contribution in [2.45, 2.75) is 123 Å². The molecule has 128 heavy (non-hydrogen) atoms. The van der Waals surface area contributed by atoms with Gasteiger partial charge in [0.1, 0.15) is 55.0 Å². The van der Waals surface area contributed by atoms with E-state index in [4.69, 9.17) is 109 Å². The first-order chi connectivity index (χ1) is 59.1. The van der Waals surface area contributed by atoms with E-state index in [1.165, 1.54) is 29.7 Å². The van der Waals surface area contributed by atoms with Crippen LogP contribution in [0.15, 0.2) is 62.9 Å². The number of rotatable bonds is 32. The number of aromatic nitrogens is 9. The Hall–Kier alpha value is -6.14. The quantitative estimate of drug-likeness (QED) is 0.0123. The average Bonchev–Trinajstić information content (AvgIpc) is 1.59. The van der Waals surface area contributed by atoms with Gasteiger partial charge in [0, 0.05) is 23.5 Å². The average molecular weight is 2110 g/mol. The minimum absolute atomic E-state index is 0.0748. The first-order valence-corrected chi connectivity index (χ1v) is 49.3. The molecule has 65 nitrogen and oxygen atoms in total. The van der Waals surface area contributed by atoms with Gasteiger partial charge in [0.15, 0.2) is 18.7 Å². The topological polar surface area (TPSA) is 989 Å². The van der Waals surface area contributed by atoms with Gasteiger partial charge in [-0.2, -0.15) is 48.7 Å². The minimum atomic E-state index is -6.11. The molecule has 0 spiro atoms. The lowest BCUT2D eigenvalue weighted by molar-refractivity contribution is -0.0783. The fourth-order valence-electron chi connectivity index (χ4n) is 9.99. The molecule has 0 amide bonds. The number of aromatic amines is 4. The molecule has 4 aliphatic heterocycles. The van der Waals surface area contributed by atoms with Crippen molar-refractivity contribution in [2.24, 2.45) is 0 Å². The van der Waals surface area contributed by atoms with Gasteiger partial charge >= 0.3 is 117 Å². The molecule has 0 aromatic carbocycles. The van der Waals surface area contributed by atoms with Gasteiger partial charge in [-0.25, -0.2) is 91.5 Å². The molecular weight excluding hydrogens is 2040 g/mol. The van der Waals surface area contributed by atoms with Gasteiger partial charge in [0.25, 0.3) is 22.2 Å². The monoisotopic (exact) mass is 2100 g/mol. The van der Waals surface area contributed by atoms with E-state index in [0.29, 0.717) is 15.3 Å². The van der Waals surface area contributed by atoms with E-state index in [9.17, 15) is 138 Å². The van der Waals surface area contributed by atoms with Gasteiger partial charge in [-0.05, 0) is 20.8 Å². The van der Waals surface area contributed by atoms with Crippen LogP contribution in [0.25, 0.3) is 0 Å². The van der Waals surface area contributed by atoms with Crippen molar-refractivity contribution in [2.75, 3.05) is 19.7 Å². The predicted octanol–water partition coefficient (Wildman–Crippen LogP) is -5.54. The highest BCUT2D eigenvalue weighted by Gasteiger charge is 2.64. The second kappa shape index (κ2) is 41.0. The summed E-state index contributed by atoms with van der Waals surface area (Å²) in [6, 6.07) is 1.70. The van der Waals surface area contributed by atoms with E-state index in [-0.39, 0.29) is 26.8 Å². The van der Waals surface area contributed by atoms with Crippen LogP contribution >= 0.6 is 93.9 Å². The molecule has 0 bridgehead atoms. The summed E-state index contributed by atoms with van der Waals surface area (Å²) in [6.45, 7) is -5.62. The summed E-state index contributed by atoms with van der Waals surface area (Å²) >= 11 is 0. The molecule has 24 N–H and O–H groups in total. The molecule has 720 valence electrons. The molecule has 0 radical (unpaired) electrons. The lowest BCUT2D eigenvalue weighted by Crippen LogP contribution is -2.46. The van der Waals surface area contributed by atoms with Crippen LogP contribution in [0.1, 0.15) is 48.7 Å². The third-order valence-corrected chi connectivity index (χ3v) is 29.8. The number of aliphatic hydroxyl groups is 4. The van der Waals surface area contributed by atoms with Crippen LogP contribution < -0.4 is 45.0 Å². The lowest BCUT2D eigenvalue weighted by Gasteiger charge is -2.25. The SMILES string of the molecule is C#CC1(F)[C@@H](O)[C@@H](COP(=O)(O)OP(=O)(O)OP(=O)(O)O)O[C@H]1n1c(C)cc(=O)[nH]c1=O.C#CC1(F)[C@@H](O)[C@@H]([C@@H](C)OP(=O)(O)OP(=O)(O)OP(=O)(O)O)O[C@H]1n1cc(F)c(=O)[nH]c1=O.[2H]C([2H])(OP(=O)(O)OP(=O)(O)OP(=O)(O)O)[C@H]1O[C@@H](n2c(C)cc(=O)[nH]c2=O)C(F)(C#C)[C@H]1O.[2H]C([2H])(OP(=O)(O)OP(=O)(O)OP(=O)(O)O)[C@H]1O[C@@H](n2ncc(=O)[nH]c2=O)C(F)(C#C)[C@H]1O. The molecule has 12 unspecified atom stereocenters. The molecule has 4 aliphatic rings. The van der Waals surface area contributed by atoms with Crippen LogP contribution in [0.2, 0.25) is 0 Å². The number of phosphoric acid groups is 12. The van der Waals surface area contributed by atoms with E-state index in [2.05, 4.69) is 57.7 Å². The van der Waals surface area contributed by atoms with E-state index < -0.39 is 267 Å². The summed E-state index contributed by atoms with van der Waals surface area (Å²) in [5.41, 5.74) is -23.1. The number of H-pyrrole nitrogens is 4. The second-order valence-electron chi connectivity index (χ2n) is 24.0. The van der Waals surface area contributed by atoms with E-state index >= 15 is 17.6 Å². The molecule has 4 aromatic heterocycles. The number of nitrogens with zero attached hydrogens (tertiary/aromatic N) is 5. The molecule has 8 rings (SSSR count). The molecule has 4 fully saturated rings. The normalized spacial score (nSPS) is 30.7. The van der Waals surface area contributed by atoms with Crippen LogP contribution in [-0.2, 0) is 126 Å². The highest BCUT2D eigenvalue weighted by atomic mass is 31.3. The smallest absolute Gasteiger partial charge is 0.386 e. The van der Waals surface area contributed by atoms with E-state index in [0.717, 1.165) is 26.0 Å². The van der Waals surface area contributed by atoms with Crippen LogP contribution in [-0.4, -0.2) is 239 Å². The zero-order valence-electron chi connectivity index (χ0n) is 65.5. The first kappa shape index (κ1) is 106. The first-order valence-electron chi connectivity index (χ1n) is 33.2. The molecule has 0 aliphatic carbocycles. The van der Waals surface area contributed by atoms with Gasteiger partial charge in [-0.15, -0.1) is 25.7 Å². The lowest BCUT2D eigenvalue weighted by atomic mass is 9.95. The zero-order valence-corrected chi connectivity index (χ0v) is 72.2. The van der Waals surface area contributed by atoms with E-state index in [1.54, 1.807) is 15.9 Å². The van der Waals surface area contributed by atoms with Gasteiger partial charge in [0.05, 0.1) is 37.5 Å². The van der Waals surface area contributed by atoms with Crippen LogP contribution in [0.4, 0.5) is 22.0 Å². The summed E-state index contributed by atoms with van der Waals surface area (Å²) in [5, 5.41) is 44.2. The van der Waals surface area contributed by atoms with E-state index in [1.807, 2.05) is 4.98 Å². The van der Waals surface area contributed by atoms with Crippen molar-refractivity contribution in [3.05, 3.63) is 125 Å². The Kier molecular flexibility index (Phi) is 33.8. The molecule has 8 heterocycles. The van der Waals surface area contributed by atoms with Crippen molar-refractivity contribution in [1.82, 2.24) is 43.4 Å². The Balaban J connectivity index is 0.000000311. The van der Waals surface area contributed by atoms with Gasteiger partial charge in [0.2, 0.25) is 34.7 Å².